The summed E-state index contributed by atoms with van der Waals surface area (Å²) < 4.78 is 6.26. The van der Waals surface area contributed by atoms with Crippen LogP contribution in [0.1, 0.15) is 79.7 Å². The first kappa shape index (κ1) is 30.8. The highest BCUT2D eigenvalue weighted by atomic mass is 35.5. The van der Waals surface area contributed by atoms with Crippen LogP contribution in [0.15, 0.2) is 96.0 Å². The van der Waals surface area contributed by atoms with Crippen LogP contribution in [-0.2, 0) is 16.5 Å². The summed E-state index contributed by atoms with van der Waals surface area (Å²) in [6.07, 6.45) is 0. The van der Waals surface area contributed by atoms with Gasteiger partial charge >= 0.3 is 0 Å². The molecule has 0 unspecified atom stereocenters. The van der Waals surface area contributed by atoms with Gasteiger partial charge in [0.15, 0.2) is 0 Å². The van der Waals surface area contributed by atoms with Crippen molar-refractivity contribution in [1.29, 1.82) is 0 Å². The number of aryl methyl sites for hydroxylation is 1. The van der Waals surface area contributed by atoms with Crippen LogP contribution in [0.3, 0.4) is 0 Å². The molecular weight excluding hydrogens is 575 g/mol. The molecule has 43 heavy (non-hydrogen) atoms. The molecule has 6 heteroatoms. The number of benzene rings is 4. The predicted octanol–water partition coefficient (Wildman–Crippen LogP) is 9.73. The average Bonchev–Trinajstić information content (AvgIpc) is 3.21. The topological polar surface area (TPSA) is 41.9 Å². The molecule has 0 aromatic heterocycles. The molecule has 0 N–H and O–H groups in total. The Balaban J connectivity index is 1.85. The number of rotatable bonds is 6. The van der Waals surface area contributed by atoms with E-state index in [0.717, 1.165) is 27.8 Å². The van der Waals surface area contributed by atoms with Crippen LogP contribution in [-0.4, -0.2) is 23.2 Å². The second-order valence-corrected chi connectivity index (χ2v) is 13.4. The van der Waals surface area contributed by atoms with Gasteiger partial charge in [-0.05, 0) is 98.3 Å². The lowest BCUT2D eigenvalue weighted by Gasteiger charge is -2.45. The fourth-order valence-electron chi connectivity index (χ4n) is 5.86. The number of ether oxygens (including phenoxy) is 1. The molecule has 0 fully saturated rings. The van der Waals surface area contributed by atoms with Crippen LogP contribution in [0.4, 0.5) is 0 Å². The van der Waals surface area contributed by atoms with E-state index in [9.17, 15) is 4.79 Å². The Kier molecular flexibility index (Phi) is 8.24. The molecule has 222 valence electrons. The molecule has 2 atom stereocenters. The molecule has 5 rings (SSSR count). The van der Waals surface area contributed by atoms with Crippen molar-refractivity contribution in [3.8, 4) is 5.75 Å². The summed E-state index contributed by atoms with van der Waals surface area (Å²) in [5.41, 5.74) is 3.41. The highest BCUT2D eigenvalue weighted by molar-refractivity contribution is 6.30. The van der Waals surface area contributed by atoms with Crippen molar-refractivity contribution in [3.05, 3.63) is 134 Å². The molecule has 1 heterocycles. The maximum atomic E-state index is 14.8. The van der Waals surface area contributed by atoms with Crippen LogP contribution in [0, 0.1) is 6.92 Å². The monoisotopic (exact) mass is 612 g/mol. The van der Waals surface area contributed by atoms with Crippen molar-refractivity contribution >= 4 is 34.9 Å². The highest BCUT2D eigenvalue weighted by Gasteiger charge is 2.59. The van der Waals surface area contributed by atoms with Crippen molar-refractivity contribution in [2.75, 3.05) is 6.61 Å². The summed E-state index contributed by atoms with van der Waals surface area (Å²) in [6, 6.07) is 29.3. The Hall–Kier alpha value is -3.60. The standard InChI is InChI=1S/C37H38Cl2N2O2/c1-8-43-32-23-28(35(3,4)5)17-22-31(32)33-40-36(6,26-13-18-29(38)19-14-26)37(7,27-15-20-30(39)21-16-27)41(33)34(42)25-11-9-24(2)10-12-25/h9-23H,8H2,1-7H3/t36-,37+/m0/s1. The van der Waals surface area contributed by atoms with Gasteiger partial charge < -0.3 is 4.74 Å². The average molecular weight is 614 g/mol. The molecule has 0 bridgehead atoms. The third-order valence-corrected chi connectivity index (χ3v) is 9.14. The zero-order valence-electron chi connectivity index (χ0n) is 25.8. The largest absolute Gasteiger partial charge is 0.493 e. The van der Waals surface area contributed by atoms with Crippen molar-refractivity contribution in [2.45, 2.75) is 65.0 Å². The molecule has 4 aromatic carbocycles. The number of hydrogen-bond donors (Lipinski definition) is 0. The van der Waals surface area contributed by atoms with Gasteiger partial charge in [0.05, 0.1) is 12.2 Å². The van der Waals surface area contributed by atoms with Crippen LogP contribution in [0.2, 0.25) is 10.0 Å². The minimum absolute atomic E-state index is 0.0884. The van der Waals surface area contributed by atoms with Crippen molar-refractivity contribution < 1.29 is 9.53 Å². The summed E-state index contributed by atoms with van der Waals surface area (Å²) in [5, 5.41) is 1.25. The minimum Gasteiger partial charge on any atom is -0.493 e. The van der Waals surface area contributed by atoms with Crippen LogP contribution in [0.25, 0.3) is 0 Å². The molecule has 0 aliphatic carbocycles. The molecule has 4 aromatic rings. The first-order valence-electron chi connectivity index (χ1n) is 14.6. The summed E-state index contributed by atoms with van der Waals surface area (Å²) >= 11 is 12.7. The van der Waals surface area contributed by atoms with Crippen molar-refractivity contribution in [3.63, 3.8) is 0 Å². The Labute approximate surface area is 265 Å². The van der Waals surface area contributed by atoms with Gasteiger partial charge in [-0.25, -0.2) is 0 Å². The van der Waals surface area contributed by atoms with Gasteiger partial charge in [0, 0.05) is 15.6 Å². The first-order valence-corrected chi connectivity index (χ1v) is 15.4. The molecule has 0 radical (unpaired) electrons. The SMILES string of the molecule is CCOc1cc(C(C)(C)C)ccc1C1=N[C@@](C)(c2ccc(Cl)cc2)[C@@](C)(c2ccc(Cl)cc2)N1C(=O)c1ccc(C)cc1. The number of amides is 1. The lowest BCUT2D eigenvalue weighted by molar-refractivity contribution is 0.0616. The minimum atomic E-state index is -0.963. The smallest absolute Gasteiger partial charge is 0.260 e. The number of amidine groups is 1. The Morgan fingerprint density at radius 1 is 0.837 bits per heavy atom. The van der Waals surface area contributed by atoms with Gasteiger partial charge in [0.25, 0.3) is 5.91 Å². The van der Waals surface area contributed by atoms with E-state index in [1.165, 1.54) is 0 Å². The summed E-state index contributed by atoms with van der Waals surface area (Å²) in [4.78, 5) is 22.2. The Bertz CT molecular complexity index is 1670. The number of nitrogens with zero attached hydrogens (tertiary/aromatic N) is 2. The number of carbonyl (C=O) groups excluding carboxylic acids is 1. The molecule has 0 saturated carbocycles. The van der Waals surface area contributed by atoms with E-state index in [-0.39, 0.29) is 11.3 Å². The fraction of sp³-hybridized carbons (Fsp3) is 0.297. The third-order valence-electron chi connectivity index (χ3n) is 8.64. The van der Waals surface area contributed by atoms with Crippen LogP contribution < -0.4 is 4.74 Å². The Morgan fingerprint density at radius 3 is 1.93 bits per heavy atom. The summed E-state index contributed by atoms with van der Waals surface area (Å²) in [5.74, 6) is 1.08. The van der Waals surface area contributed by atoms with E-state index < -0.39 is 11.1 Å². The van der Waals surface area contributed by atoms with E-state index in [2.05, 4.69) is 46.8 Å². The molecular formula is C37H38Cl2N2O2. The molecule has 1 aliphatic heterocycles. The van der Waals surface area contributed by atoms with Crippen molar-refractivity contribution in [1.82, 2.24) is 4.90 Å². The van der Waals surface area contributed by atoms with Gasteiger partial charge in [-0.15, -0.1) is 0 Å². The van der Waals surface area contributed by atoms with E-state index in [4.69, 9.17) is 32.9 Å². The number of halogens is 2. The number of hydrogen-bond acceptors (Lipinski definition) is 3. The normalized spacial score (nSPS) is 20.2. The van der Waals surface area contributed by atoms with Gasteiger partial charge in [0.2, 0.25) is 0 Å². The van der Waals surface area contributed by atoms with E-state index >= 15 is 0 Å². The maximum absolute atomic E-state index is 14.8. The predicted molar refractivity (Wildman–Crippen MR) is 178 cm³/mol. The quantitative estimate of drug-likeness (QED) is 0.217. The van der Waals surface area contributed by atoms with E-state index in [1.807, 2.05) is 97.6 Å². The fourth-order valence-corrected chi connectivity index (χ4v) is 6.11. The number of carbonyl (C=O) groups is 1. The molecule has 4 nitrogen and oxygen atoms in total. The molecule has 1 aliphatic rings. The van der Waals surface area contributed by atoms with E-state index in [0.29, 0.717) is 33.8 Å². The molecule has 1 amide bonds. The maximum Gasteiger partial charge on any atom is 0.260 e. The van der Waals surface area contributed by atoms with Gasteiger partial charge in [0.1, 0.15) is 22.7 Å². The second kappa shape index (κ2) is 11.5. The zero-order chi connectivity index (χ0) is 31.2. The van der Waals surface area contributed by atoms with Gasteiger partial charge in [-0.1, -0.05) is 92.0 Å². The lowest BCUT2D eigenvalue weighted by atomic mass is 9.70. The lowest BCUT2D eigenvalue weighted by Crippen LogP contribution is -2.55. The van der Waals surface area contributed by atoms with Crippen molar-refractivity contribution in [2.24, 2.45) is 4.99 Å². The molecule has 0 saturated heterocycles. The Morgan fingerprint density at radius 2 is 1.40 bits per heavy atom. The highest BCUT2D eigenvalue weighted by Crippen LogP contribution is 2.54. The zero-order valence-corrected chi connectivity index (χ0v) is 27.3. The number of aliphatic imine (C=N–C) groups is 1. The van der Waals surface area contributed by atoms with Crippen LogP contribution >= 0.6 is 23.2 Å². The summed E-state index contributed by atoms with van der Waals surface area (Å²) in [7, 11) is 0. The van der Waals surface area contributed by atoms with E-state index in [1.54, 1.807) is 0 Å². The van der Waals surface area contributed by atoms with Gasteiger partial charge in [-0.2, -0.15) is 0 Å². The summed E-state index contributed by atoms with van der Waals surface area (Å²) in [6.45, 7) is 15.1. The third kappa shape index (κ3) is 5.47. The van der Waals surface area contributed by atoms with Gasteiger partial charge in [-0.3, -0.25) is 14.7 Å². The second-order valence-electron chi connectivity index (χ2n) is 12.5. The van der Waals surface area contributed by atoms with Crippen LogP contribution in [0.5, 0.6) is 5.75 Å². The first-order chi connectivity index (χ1) is 20.3. The molecule has 0 spiro atoms.